The Morgan fingerprint density at radius 3 is 2.04 bits per heavy atom. The molecule has 6 heteroatoms. The van der Waals surface area contributed by atoms with Crippen LogP contribution in [0, 0.1) is 12.8 Å². The van der Waals surface area contributed by atoms with E-state index in [2.05, 4.69) is 12.2 Å². The summed E-state index contributed by atoms with van der Waals surface area (Å²) in [6.45, 7) is 14.7. The zero-order valence-corrected chi connectivity index (χ0v) is 19.4. The van der Waals surface area contributed by atoms with E-state index in [4.69, 9.17) is 15.0 Å². The van der Waals surface area contributed by atoms with E-state index in [0.29, 0.717) is 5.69 Å². The SMILES string of the molecule is CC1CC[N-]CC1.Cc1ccc([NH-])cc1B1OC(C)(C)C(C)(C)O1.[Y]. The molecule has 0 spiro atoms. The Kier molecular flexibility index (Phi) is 8.62. The van der Waals surface area contributed by atoms with Gasteiger partial charge in [0, 0.05) is 32.7 Å². The van der Waals surface area contributed by atoms with Gasteiger partial charge in [0.25, 0.3) is 0 Å². The van der Waals surface area contributed by atoms with Crippen molar-refractivity contribution in [1.29, 1.82) is 0 Å². The molecule has 2 saturated heterocycles. The van der Waals surface area contributed by atoms with Crippen LogP contribution in [0.1, 0.15) is 53.0 Å². The number of rotatable bonds is 1. The van der Waals surface area contributed by atoms with Gasteiger partial charge in [-0.05, 0) is 46.0 Å². The van der Waals surface area contributed by atoms with Crippen molar-refractivity contribution in [2.24, 2.45) is 5.92 Å². The molecule has 2 fully saturated rings. The molecule has 1 aromatic rings. The maximum atomic E-state index is 7.68. The van der Waals surface area contributed by atoms with E-state index >= 15 is 0 Å². The third-order valence-corrected chi connectivity index (χ3v) is 5.35. The van der Waals surface area contributed by atoms with Crippen molar-refractivity contribution in [3.63, 3.8) is 0 Å². The van der Waals surface area contributed by atoms with Crippen LogP contribution in [-0.4, -0.2) is 31.4 Å². The minimum Gasteiger partial charge on any atom is -0.699 e. The molecule has 1 radical (unpaired) electrons. The van der Waals surface area contributed by atoms with Gasteiger partial charge >= 0.3 is 7.12 Å². The first-order valence-electron chi connectivity index (χ1n) is 8.93. The van der Waals surface area contributed by atoms with Crippen molar-refractivity contribution < 1.29 is 42.0 Å². The van der Waals surface area contributed by atoms with Crippen LogP contribution in [0.3, 0.4) is 0 Å². The fourth-order valence-corrected chi connectivity index (χ4v) is 2.74. The second-order valence-corrected chi connectivity index (χ2v) is 8.01. The van der Waals surface area contributed by atoms with Crippen molar-refractivity contribution in [3.8, 4) is 0 Å². The van der Waals surface area contributed by atoms with Gasteiger partial charge in [-0.2, -0.15) is 0 Å². The van der Waals surface area contributed by atoms with Gasteiger partial charge in [-0.1, -0.05) is 43.5 Å². The van der Waals surface area contributed by atoms with Crippen molar-refractivity contribution in [2.75, 3.05) is 13.1 Å². The average Bonchev–Trinajstić information content (AvgIpc) is 2.71. The van der Waals surface area contributed by atoms with Crippen LogP contribution < -0.4 is 5.46 Å². The molecule has 1 aromatic carbocycles. The quantitative estimate of drug-likeness (QED) is 0.617. The molecule has 2 aliphatic rings. The average molecular weight is 419 g/mol. The first-order chi connectivity index (χ1) is 11.1. The van der Waals surface area contributed by atoms with Gasteiger partial charge in [-0.15, -0.1) is 18.8 Å². The summed E-state index contributed by atoms with van der Waals surface area (Å²) in [6, 6.07) is 5.53. The minimum atomic E-state index is -0.370. The van der Waals surface area contributed by atoms with Gasteiger partial charge in [0.1, 0.15) is 0 Å². The minimum absolute atomic E-state index is 0. The number of hydrogen-bond donors (Lipinski definition) is 0. The van der Waals surface area contributed by atoms with E-state index in [1.807, 2.05) is 46.8 Å². The summed E-state index contributed by atoms with van der Waals surface area (Å²) in [5.74, 6) is 0.942. The molecule has 0 saturated carbocycles. The van der Waals surface area contributed by atoms with E-state index < -0.39 is 0 Å². The molecule has 3 rings (SSSR count). The van der Waals surface area contributed by atoms with E-state index in [0.717, 1.165) is 30.0 Å². The molecule has 0 atom stereocenters. The Morgan fingerprint density at radius 2 is 1.60 bits per heavy atom. The summed E-state index contributed by atoms with van der Waals surface area (Å²) >= 11 is 0. The summed E-state index contributed by atoms with van der Waals surface area (Å²) < 4.78 is 12.0. The summed E-state index contributed by atoms with van der Waals surface area (Å²) in [7, 11) is -0.370. The zero-order chi connectivity index (χ0) is 18.0. The number of benzene rings is 1. The van der Waals surface area contributed by atoms with Crippen LogP contribution in [0.5, 0.6) is 0 Å². The second kappa shape index (κ2) is 9.32. The van der Waals surface area contributed by atoms with Crippen molar-refractivity contribution in [1.82, 2.24) is 0 Å². The molecule has 25 heavy (non-hydrogen) atoms. The van der Waals surface area contributed by atoms with Crippen molar-refractivity contribution in [3.05, 3.63) is 34.8 Å². The molecule has 137 valence electrons. The number of aryl methyl sites for hydroxylation is 1. The van der Waals surface area contributed by atoms with Gasteiger partial charge in [-0.3, -0.25) is 0 Å². The number of nitrogens with zero attached hydrogens (tertiary/aromatic N) is 1. The van der Waals surface area contributed by atoms with Crippen molar-refractivity contribution in [2.45, 2.75) is 65.6 Å². The summed E-state index contributed by atoms with van der Waals surface area (Å²) in [6.07, 6.45) is 2.64. The van der Waals surface area contributed by atoms with E-state index in [9.17, 15) is 0 Å². The maximum Gasteiger partial charge on any atom is 0.495 e. The molecule has 2 heterocycles. The molecule has 0 aromatic heterocycles. The number of hydrogen-bond acceptors (Lipinski definition) is 2. The molecule has 0 aliphatic carbocycles. The summed E-state index contributed by atoms with van der Waals surface area (Å²) in [4.78, 5) is 0. The van der Waals surface area contributed by atoms with Crippen LogP contribution in [0.15, 0.2) is 18.2 Å². The van der Waals surface area contributed by atoms with Crippen LogP contribution in [0.4, 0.5) is 5.69 Å². The van der Waals surface area contributed by atoms with Crippen LogP contribution in [0.25, 0.3) is 11.1 Å². The van der Waals surface area contributed by atoms with Gasteiger partial charge < -0.3 is 20.4 Å². The third kappa shape index (κ3) is 6.04. The molecule has 0 unspecified atom stereocenters. The Balaban J connectivity index is 0.000000330. The standard InChI is InChI=1S/C13H19BNO2.C6H12N.Y/c1-9-6-7-10(15)8-11(9)14-16-12(2,3)13(4,5)17-14;1-6-2-4-7-5-3-6;/h6-8,15H,1-5H3;6H,2-5H2,1H3;/q2*-1;. The van der Waals surface area contributed by atoms with Crippen LogP contribution >= 0.6 is 0 Å². The third-order valence-electron chi connectivity index (χ3n) is 5.35. The maximum absolute atomic E-state index is 7.68. The Hall–Kier alpha value is 0.0688. The molecular formula is C19H31BN2O2Y-2. The van der Waals surface area contributed by atoms with Gasteiger partial charge in [0.15, 0.2) is 0 Å². The monoisotopic (exact) mass is 419 g/mol. The van der Waals surface area contributed by atoms with E-state index in [1.165, 1.54) is 12.8 Å². The first-order valence-corrected chi connectivity index (χ1v) is 8.93. The molecule has 1 N–H and O–H groups in total. The molecule has 4 nitrogen and oxygen atoms in total. The van der Waals surface area contributed by atoms with Gasteiger partial charge in [0.2, 0.25) is 0 Å². The normalized spacial score (nSPS) is 21.9. The molecule has 0 amide bonds. The van der Waals surface area contributed by atoms with Crippen molar-refractivity contribution >= 4 is 18.3 Å². The number of nitrogens with one attached hydrogen (secondary N) is 1. The summed E-state index contributed by atoms with van der Waals surface area (Å²) in [5, 5.41) is 4.23. The fourth-order valence-electron chi connectivity index (χ4n) is 2.74. The number of piperidine rings is 1. The molecular weight excluding hydrogens is 388 g/mol. The fraction of sp³-hybridized carbons (Fsp3) is 0.684. The summed E-state index contributed by atoms with van der Waals surface area (Å²) in [5.41, 5.74) is 9.56. The van der Waals surface area contributed by atoms with E-state index in [1.54, 1.807) is 6.07 Å². The predicted octanol–water partition coefficient (Wildman–Crippen LogP) is 4.77. The first kappa shape index (κ1) is 23.1. The zero-order valence-electron chi connectivity index (χ0n) is 16.6. The Labute approximate surface area is 179 Å². The van der Waals surface area contributed by atoms with Crippen LogP contribution in [0.2, 0.25) is 0 Å². The topological polar surface area (TPSA) is 56.4 Å². The van der Waals surface area contributed by atoms with Crippen LogP contribution in [-0.2, 0) is 42.0 Å². The Bertz CT molecular complexity index is 544. The molecule has 2 aliphatic heterocycles. The van der Waals surface area contributed by atoms with E-state index in [-0.39, 0.29) is 51.0 Å². The van der Waals surface area contributed by atoms with Gasteiger partial charge in [0.05, 0.1) is 11.2 Å². The Morgan fingerprint density at radius 1 is 1.08 bits per heavy atom. The van der Waals surface area contributed by atoms with Gasteiger partial charge in [-0.25, -0.2) is 0 Å². The molecule has 0 bridgehead atoms. The second-order valence-electron chi connectivity index (χ2n) is 8.01. The smallest absolute Gasteiger partial charge is 0.495 e. The largest absolute Gasteiger partial charge is 0.699 e. The predicted molar refractivity (Wildman–Crippen MR) is 102 cm³/mol.